The van der Waals surface area contributed by atoms with Crippen LogP contribution in [0, 0.1) is 0 Å². The van der Waals surface area contributed by atoms with Crippen molar-refractivity contribution in [1.29, 1.82) is 0 Å². The molecule has 98 valence electrons. The molecule has 1 rings (SSSR count). The first-order valence-corrected chi connectivity index (χ1v) is 5.79. The fourth-order valence-corrected chi connectivity index (χ4v) is 1.53. The molecule has 0 amide bonds. The lowest BCUT2D eigenvalue weighted by Gasteiger charge is -2.14. The Morgan fingerprint density at radius 1 is 1.33 bits per heavy atom. The molecule has 0 fully saturated rings. The molecule has 6 N–H and O–H groups in total. The number of nitrogens with zero attached hydrogens (tertiary/aromatic N) is 1. The second-order valence-electron chi connectivity index (χ2n) is 3.95. The van der Waals surface area contributed by atoms with Crippen molar-refractivity contribution in [2.45, 2.75) is 13.1 Å². The number of amidine groups is 1. The Bertz CT molecular complexity index is 450. The molecule has 0 saturated heterocycles. The van der Waals surface area contributed by atoms with Gasteiger partial charge in [-0.25, -0.2) is 4.99 Å². The summed E-state index contributed by atoms with van der Waals surface area (Å²) in [7, 11) is 3.66. The van der Waals surface area contributed by atoms with E-state index in [0.717, 1.165) is 11.3 Å². The molecule has 0 aliphatic heterocycles. The van der Waals surface area contributed by atoms with E-state index in [0.29, 0.717) is 11.5 Å². The van der Waals surface area contributed by atoms with E-state index < -0.39 is 0 Å². The van der Waals surface area contributed by atoms with Crippen molar-refractivity contribution in [3.8, 4) is 0 Å². The zero-order valence-electron chi connectivity index (χ0n) is 11.1. The van der Waals surface area contributed by atoms with E-state index in [1.807, 2.05) is 45.3 Å². The quantitative estimate of drug-likeness (QED) is 0.354. The number of anilines is 1. The Balaban J connectivity index is 2.99. The standard InChI is InChI=1S/C13H21N5/c1-9(16-2)8-12(15)18-13(17-3)10-6-4-5-7-11(10)14/h4-8,13,16-17H,14H2,1-3H3,(H2,15,18)/b9-8-. The van der Waals surface area contributed by atoms with E-state index in [9.17, 15) is 0 Å². The van der Waals surface area contributed by atoms with Gasteiger partial charge in [0.25, 0.3) is 0 Å². The van der Waals surface area contributed by atoms with Gasteiger partial charge in [0.05, 0.1) is 0 Å². The number of aliphatic imine (C=N–C) groups is 1. The first-order valence-electron chi connectivity index (χ1n) is 5.79. The maximum atomic E-state index is 5.92. The number of nitrogens with two attached hydrogens (primary N) is 2. The molecular formula is C13H21N5. The second kappa shape index (κ2) is 6.66. The highest BCUT2D eigenvalue weighted by Crippen LogP contribution is 2.20. The van der Waals surface area contributed by atoms with Gasteiger partial charge in [-0.1, -0.05) is 18.2 Å². The van der Waals surface area contributed by atoms with Crippen molar-refractivity contribution < 1.29 is 0 Å². The number of benzene rings is 1. The highest BCUT2D eigenvalue weighted by molar-refractivity contribution is 5.92. The minimum atomic E-state index is -0.243. The zero-order chi connectivity index (χ0) is 13.5. The number of rotatable bonds is 5. The molecule has 1 atom stereocenters. The third-order valence-corrected chi connectivity index (χ3v) is 2.60. The van der Waals surface area contributed by atoms with Crippen LogP contribution in [-0.4, -0.2) is 19.9 Å². The Morgan fingerprint density at radius 2 is 2.00 bits per heavy atom. The first-order chi connectivity index (χ1) is 8.58. The third kappa shape index (κ3) is 3.78. The summed E-state index contributed by atoms with van der Waals surface area (Å²) in [6, 6.07) is 7.60. The smallest absolute Gasteiger partial charge is 0.129 e. The molecule has 0 bridgehead atoms. The summed E-state index contributed by atoms with van der Waals surface area (Å²) in [5.41, 5.74) is 14.4. The van der Waals surface area contributed by atoms with Crippen molar-refractivity contribution in [2.24, 2.45) is 10.7 Å². The van der Waals surface area contributed by atoms with Crippen LogP contribution in [0.1, 0.15) is 18.7 Å². The maximum Gasteiger partial charge on any atom is 0.129 e. The molecule has 5 nitrogen and oxygen atoms in total. The van der Waals surface area contributed by atoms with E-state index in [1.165, 1.54) is 0 Å². The van der Waals surface area contributed by atoms with Crippen LogP contribution in [0.25, 0.3) is 0 Å². The summed E-state index contributed by atoms with van der Waals surface area (Å²) in [6.07, 6.45) is 1.54. The van der Waals surface area contributed by atoms with E-state index in [1.54, 1.807) is 6.08 Å². The van der Waals surface area contributed by atoms with Gasteiger partial charge < -0.3 is 16.8 Å². The van der Waals surface area contributed by atoms with Gasteiger partial charge in [0.1, 0.15) is 12.0 Å². The maximum absolute atomic E-state index is 5.92. The van der Waals surface area contributed by atoms with Crippen LogP contribution in [-0.2, 0) is 0 Å². The molecule has 0 radical (unpaired) electrons. The fourth-order valence-electron chi connectivity index (χ4n) is 1.53. The van der Waals surface area contributed by atoms with Crippen molar-refractivity contribution >= 4 is 11.5 Å². The number of nitrogens with one attached hydrogen (secondary N) is 2. The van der Waals surface area contributed by atoms with Crippen LogP contribution in [0.4, 0.5) is 5.69 Å². The second-order valence-corrected chi connectivity index (χ2v) is 3.95. The SMILES string of the molecule is CN/C(C)=C\C(N)=N\C(NC)c1ccccc1N. The minimum Gasteiger partial charge on any atom is -0.398 e. The van der Waals surface area contributed by atoms with Crippen LogP contribution in [0.5, 0.6) is 0 Å². The molecule has 1 aromatic rings. The van der Waals surface area contributed by atoms with Crippen LogP contribution < -0.4 is 22.1 Å². The lowest BCUT2D eigenvalue weighted by Crippen LogP contribution is -2.21. The Morgan fingerprint density at radius 3 is 2.56 bits per heavy atom. The fraction of sp³-hybridized carbons (Fsp3) is 0.308. The highest BCUT2D eigenvalue weighted by atomic mass is 15.1. The monoisotopic (exact) mass is 247 g/mol. The average molecular weight is 247 g/mol. The Kier molecular flexibility index (Phi) is 5.20. The molecule has 0 aliphatic carbocycles. The van der Waals surface area contributed by atoms with E-state index in [2.05, 4.69) is 15.6 Å². The molecule has 18 heavy (non-hydrogen) atoms. The van der Waals surface area contributed by atoms with Gasteiger partial charge in [-0.2, -0.15) is 0 Å². The third-order valence-electron chi connectivity index (χ3n) is 2.60. The summed E-state index contributed by atoms with van der Waals surface area (Å²) in [6.45, 7) is 1.92. The molecule has 0 heterocycles. The topological polar surface area (TPSA) is 88.5 Å². The van der Waals surface area contributed by atoms with E-state index >= 15 is 0 Å². The molecule has 5 heteroatoms. The summed E-state index contributed by atoms with van der Waals surface area (Å²) in [4.78, 5) is 4.40. The van der Waals surface area contributed by atoms with Crippen molar-refractivity contribution in [3.63, 3.8) is 0 Å². The number of para-hydroxylation sites is 1. The lowest BCUT2D eigenvalue weighted by molar-refractivity contribution is 0.627. The van der Waals surface area contributed by atoms with Gasteiger partial charge >= 0.3 is 0 Å². The van der Waals surface area contributed by atoms with Crippen LogP contribution in [0.2, 0.25) is 0 Å². The number of hydrogen-bond donors (Lipinski definition) is 4. The summed E-state index contributed by atoms with van der Waals surface area (Å²) in [5.74, 6) is 0.449. The van der Waals surface area contributed by atoms with Crippen LogP contribution in [0.3, 0.4) is 0 Å². The van der Waals surface area contributed by atoms with Gasteiger partial charge in [-0.05, 0) is 26.1 Å². The average Bonchev–Trinajstić information content (AvgIpc) is 2.36. The Labute approximate surface area is 108 Å². The van der Waals surface area contributed by atoms with Crippen LogP contribution >= 0.6 is 0 Å². The lowest BCUT2D eigenvalue weighted by atomic mass is 10.1. The summed E-state index contributed by atoms with van der Waals surface area (Å²) >= 11 is 0. The predicted molar refractivity (Wildman–Crippen MR) is 77.1 cm³/mol. The molecule has 1 unspecified atom stereocenters. The van der Waals surface area contributed by atoms with Crippen LogP contribution in [0.15, 0.2) is 41.0 Å². The van der Waals surface area contributed by atoms with Crippen molar-refractivity contribution in [2.75, 3.05) is 19.8 Å². The number of allylic oxidation sites excluding steroid dienone is 1. The largest absolute Gasteiger partial charge is 0.398 e. The minimum absolute atomic E-state index is 0.243. The summed E-state index contributed by atoms with van der Waals surface area (Å²) in [5, 5.41) is 6.08. The number of nitrogen functional groups attached to an aromatic ring is 1. The van der Waals surface area contributed by atoms with Crippen molar-refractivity contribution in [1.82, 2.24) is 10.6 Å². The zero-order valence-corrected chi connectivity index (χ0v) is 11.1. The summed E-state index contributed by atoms with van der Waals surface area (Å²) < 4.78 is 0. The predicted octanol–water partition coefficient (Wildman–Crippen LogP) is 0.967. The highest BCUT2D eigenvalue weighted by Gasteiger charge is 2.10. The van der Waals surface area contributed by atoms with Crippen molar-refractivity contribution in [3.05, 3.63) is 41.6 Å². The molecule has 0 saturated carbocycles. The van der Waals surface area contributed by atoms with Gasteiger partial charge in [0, 0.05) is 24.0 Å². The van der Waals surface area contributed by atoms with Gasteiger partial charge in [0.2, 0.25) is 0 Å². The van der Waals surface area contributed by atoms with Gasteiger partial charge in [-0.15, -0.1) is 0 Å². The molecule has 0 aliphatic rings. The molecule has 1 aromatic carbocycles. The van der Waals surface area contributed by atoms with Gasteiger partial charge in [0.15, 0.2) is 0 Å². The molecule has 0 spiro atoms. The van der Waals surface area contributed by atoms with E-state index in [4.69, 9.17) is 11.5 Å². The first kappa shape index (κ1) is 14.1. The van der Waals surface area contributed by atoms with E-state index in [-0.39, 0.29) is 6.17 Å². The Hall–Kier alpha value is -2.01. The molecule has 0 aromatic heterocycles. The van der Waals surface area contributed by atoms with Gasteiger partial charge in [-0.3, -0.25) is 5.32 Å². The normalized spacial score (nSPS) is 14.4. The number of hydrogen-bond acceptors (Lipinski definition) is 4. The molecular weight excluding hydrogens is 226 g/mol.